The molecule has 0 aromatic carbocycles. The normalized spacial score (nSPS) is 10.6. The maximum atomic E-state index is 11.9. The molecule has 2 nitrogen and oxygen atoms in total. The van der Waals surface area contributed by atoms with Crippen molar-refractivity contribution in [1.82, 2.24) is 4.98 Å². The fraction of sp³-hybridized carbons (Fsp3) is 0. The van der Waals surface area contributed by atoms with Gasteiger partial charge in [-0.3, -0.25) is 4.98 Å². The molecule has 1 rings (SSSR count). The van der Waals surface area contributed by atoms with E-state index in [2.05, 4.69) is 4.98 Å². The van der Waals surface area contributed by atoms with Crippen molar-refractivity contribution in [3.8, 4) is 0 Å². The molecule has 0 amide bonds. The van der Waals surface area contributed by atoms with Crippen molar-refractivity contribution < 1.29 is 64.3 Å². The Morgan fingerprint density at radius 3 is 2.17 bits per heavy atom. The van der Waals surface area contributed by atoms with Crippen LogP contribution in [-0.4, -0.2) is 12.0 Å². The van der Waals surface area contributed by atoms with Gasteiger partial charge in [0.05, 0.1) is 0 Å². The predicted octanol–water partition coefficient (Wildman–Crippen LogP) is -2.28. The standard InChI is InChI=1S/C5H5BF3N2.K/c7-6(8,9)5-2-1-4(10)3-11-5;/h1-3H,10H2;/q-1;+1. The molecule has 1 aromatic rings. The molecule has 60 valence electrons. The van der Waals surface area contributed by atoms with E-state index in [4.69, 9.17) is 5.73 Å². The number of halogens is 3. The monoisotopic (exact) mass is 200 g/mol. The number of anilines is 1. The molecule has 0 aliphatic rings. The van der Waals surface area contributed by atoms with Crippen molar-refractivity contribution >= 4 is 18.3 Å². The second-order valence-electron chi connectivity index (χ2n) is 2.09. The Bertz CT molecular complexity index is 248. The molecule has 12 heavy (non-hydrogen) atoms. The van der Waals surface area contributed by atoms with Crippen LogP contribution in [0, 0.1) is 0 Å². The van der Waals surface area contributed by atoms with E-state index < -0.39 is 12.6 Å². The maximum Gasteiger partial charge on any atom is 1.00 e. The largest absolute Gasteiger partial charge is 1.00 e. The number of pyridine rings is 1. The van der Waals surface area contributed by atoms with Gasteiger partial charge in [-0.05, 0) is 11.7 Å². The quantitative estimate of drug-likeness (QED) is 0.519. The molecule has 0 radical (unpaired) electrons. The van der Waals surface area contributed by atoms with Gasteiger partial charge in [0.25, 0.3) is 0 Å². The van der Waals surface area contributed by atoms with E-state index in [1.165, 1.54) is 6.07 Å². The Kier molecular flexibility index (Phi) is 4.78. The number of rotatable bonds is 1. The van der Waals surface area contributed by atoms with Gasteiger partial charge in [0, 0.05) is 11.9 Å². The van der Waals surface area contributed by atoms with Gasteiger partial charge in [0.15, 0.2) is 0 Å². The van der Waals surface area contributed by atoms with Gasteiger partial charge >= 0.3 is 58.4 Å². The summed E-state index contributed by atoms with van der Waals surface area (Å²) in [4.78, 5) is 3.13. The fourth-order valence-corrected chi connectivity index (χ4v) is 0.610. The smallest absolute Gasteiger partial charge is 0.444 e. The van der Waals surface area contributed by atoms with Crippen LogP contribution < -0.4 is 62.7 Å². The first-order chi connectivity index (χ1) is 5.00. The van der Waals surface area contributed by atoms with Crippen LogP contribution in [0.25, 0.3) is 0 Å². The zero-order valence-corrected chi connectivity index (χ0v) is 9.59. The van der Waals surface area contributed by atoms with Crippen molar-refractivity contribution in [1.29, 1.82) is 0 Å². The number of aromatic nitrogens is 1. The Morgan fingerprint density at radius 1 is 1.25 bits per heavy atom. The summed E-state index contributed by atoms with van der Waals surface area (Å²) in [5.41, 5.74) is 4.52. The Hall–Kier alpha value is 0.441. The molecule has 0 saturated heterocycles. The molecule has 0 saturated carbocycles. The summed E-state index contributed by atoms with van der Waals surface area (Å²) in [6, 6.07) is 2.05. The summed E-state index contributed by atoms with van der Waals surface area (Å²) in [6.45, 7) is -4.99. The molecule has 0 bridgehead atoms. The van der Waals surface area contributed by atoms with E-state index in [9.17, 15) is 12.9 Å². The molecule has 1 heterocycles. The summed E-state index contributed by atoms with van der Waals surface area (Å²) in [6.07, 6.45) is 0.991. The molecule has 0 aliphatic carbocycles. The third kappa shape index (κ3) is 3.44. The number of nitrogen functional groups attached to an aromatic ring is 1. The minimum atomic E-state index is -4.99. The van der Waals surface area contributed by atoms with Gasteiger partial charge in [0.2, 0.25) is 0 Å². The average Bonchev–Trinajstić information content (AvgIpc) is 1.86. The van der Waals surface area contributed by atoms with Gasteiger partial charge in [-0.25, -0.2) is 0 Å². The molecule has 0 spiro atoms. The molecule has 1 aromatic heterocycles. The number of nitrogens with zero attached hydrogens (tertiary/aromatic N) is 1. The molecule has 7 heteroatoms. The second-order valence-corrected chi connectivity index (χ2v) is 2.09. The predicted molar refractivity (Wildman–Crippen MR) is 37.4 cm³/mol. The Balaban J connectivity index is 0.00000121. The van der Waals surface area contributed by atoms with Crippen molar-refractivity contribution in [3.63, 3.8) is 0 Å². The van der Waals surface area contributed by atoms with E-state index in [0.29, 0.717) is 0 Å². The van der Waals surface area contributed by atoms with Gasteiger partial charge in [-0.15, -0.1) is 0 Å². The van der Waals surface area contributed by atoms with Gasteiger partial charge in [-0.2, -0.15) is 0 Å². The van der Waals surface area contributed by atoms with Crippen molar-refractivity contribution in [3.05, 3.63) is 18.3 Å². The Morgan fingerprint density at radius 2 is 1.83 bits per heavy atom. The first-order valence-electron chi connectivity index (χ1n) is 2.91. The minimum Gasteiger partial charge on any atom is -0.444 e. The zero-order valence-electron chi connectivity index (χ0n) is 6.47. The number of nitrogens with two attached hydrogens (primary N) is 1. The van der Waals surface area contributed by atoms with Crippen molar-refractivity contribution in [2.75, 3.05) is 5.73 Å². The van der Waals surface area contributed by atoms with Crippen LogP contribution in [0.2, 0.25) is 0 Å². The van der Waals surface area contributed by atoms with Crippen LogP contribution in [0.1, 0.15) is 0 Å². The van der Waals surface area contributed by atoms with Crippen molar-refractivity contribution in [2.24, 2.45) is 0 Å². The van der Waals surface area contributed by atoms with Crippen molar-refractivity contribution in [2.45, 2.75) is 0 Å². The second kappa shape index (κ2) is 4.61. The molecule has 0 atom stereocenters. The third-order valence-electron chi connectivity index (χ3n) is 1.14. The summed E-state index contributed by atoms with van der Waals surface area (Å²) in [7, 11) is 0. The maximum absolute atomic E-state index is 11.9. The molecule has 2 N–H and O–H groups in total. The SMILES string of the molecule is Nc1ccc([B-](F)(F)F)nc1.[K+]. The number of hydrogen-bond acceptors (Lipinski definition) is 2. The van der Waals surface area contributed by atoms with Crippen LogP contribution in [0.15, 0.2) is 18.3 Å². The molecule has 0 unspecified atom stereocenters. The fourth-order valence-electron chi connectivity index (χ4n) is 0.610. The van der Waals surface area contributed by atoms with Gasteiger partial charge in [-0.1, -0.05) is 6.07 Å². The van der Waals surface area contributed by atoms with Gasteiger partial charge < -0.3 is 18.7 Å². The molecular formula is C5H5BF3KN2. The number of hydrogen-bond donors (Lipinski definition) is 1. The van der Waals surface area contributed by atoms with Crippen LogP contribution in [-0.2, 0) is 0 Å². The molecule has 0 aliphatic heterocycles. The summed E-state index contributed by atoms with van der Waals surface area (Å²) in [5.74, 6) is 0. The van der Waals surface area contributed by atoms with Crippen LogP contribution in [0.4, 0.5) is 18.6 Å². The topological polar surface area (TPSA) is 38.9 Å². The summed E-state index contributed by atoms with van der Waals surface area (Å²) >= 11 is 0. The third-order valence-corrected chi connectivity index (χ3v) is 1.14. The van der Waals surface area contributed by atoms with E-state index in [-0.39, 0.29) is 57.1 Å². The zero-order chi connectivity index (χ0) is 8.48. The average molecular weight is 200 g/mol. The first kappa shape index (κ1) is 12.4. The summed E-state index contributed by atoms with van der Waals surface area (Å²) in [5, 5.41) is 0. The minimum absolute atomic E-state index is 0. The molecule has 0 fully saturated rings. The van der Waals surface area contributed by atoms with E-state index >= 15 is 0 Å². The van der Waals surface area contributed by atoms with Crippen LogP contribution in [0.5, 0.6) is 0 Å². The van der Waals surface area contributed by atoms with E-state index in [0.717, 1.165) is 12.3 Å². The van der Waals surface area contributed by atoms with E-state index in [1.807, 2.05) is 0 Å². The molecular weight excluding hydrogens is 195 g/mol. The Labute approximate surface area is 110 Å². The van der Waals surface area contributed by atoms with E-state index in [1.54, 1.807) is 0 Å². The van der Waals surface area contributed by atoms with Crippen LogP contribution in [0.3, 0.4) is 0 Å². The first-order valence-corrected chi connectivity index (χ1v) is 2.91. The van der Waals surface area contributed by atoms with Gasteiger partial charge in [0.1, 0.15) is 0 Å². The van der Waals surface area contributed by atoms with Crippen LogP contribution >= 0.6 is 0 Å². The summed E-state index contributed by atoms with van der Waals surface area (Å²) < 4.78 is 35.6.